The Bertz CT molecular complexity index is 674. The third-order valence-electron chi connectivity index (χ3n) is 4.39. The van der Waals surface area contributed by atoms with Gasteiger partial charge in [0.05, 0.1) is 0 Å². The molecule has 0 amide bonds. The molecule has 0 atom stereocenters. The molecule has 0 saturated carbocycles. The summed E-state index contributed by atoms with van der Waals surface area (Å²) in [5.74, 6) is 0.788. The molecule has 0 aliphatic heterocycles. The zero-order chi connectivity index (χ0) is 20.3. The zero-order valence-electron chi connectivity index (χ0n) is 17.9. The summed E-state index contributed by atoms with van der Waals surface area (Å²) in [5, 5.41) is 19.3. The molecule has 0 fully saturated rings. The van der Waals surface area contributed by atoms with Crippen molar-refractivity contribution < 1.29 is 10.2 Å². The molecule has 2 heteroatoms. The Morgan fingerprint density at radius 1 is 0.538 bits per heavy atom. The van der Waals surface area contributed by atoms with E-state index in [2.05, 4.69) is 62.3 Å². The van der Waals surface area contributed by atoms with Crippen LogP contribution >= 0.6 is 0 Å². The van der Waals surface area contributed by atoms with Crippen molar-refractivity contribution in [1.29, 1.82) is 0 Å². The van der Waals surface area contributed by atoms with E-state index in [0.717, 1.165) is 11.1 Å². The van der Waals surface area contributed by atoms with Crippen molar-refractivity contribution in [2.75, 3.05) is 0 Å². The molecule has 0 radical (unpaired) electrons. The summed E-state index contributed by atoms with van der Waals surface area (Å²) < 4.78 is 0. The van der Waals surface area contributed by atoms with Crippen LogP contribution in [0.3, 0.4) is 0 Å². The first-order valence-corrected chi connectivity index (χ1v) is 9.26. The number of benzene rings is 2. The molecule has 2 aromatic rings. The van der Waals surface area contributed by atoms with Gasteiger partial charge in [0.2, 0.25) is 0 Å². The molecule has 0 bridgehead atoms. The summed E-state index contributed by atoms with van der Waals surface area (Å²) in [6.45, 7) is 19.2. The summed E-state index contributed by atoms with van der Waals surface area (Å²) in [5.41, 5.74) is 3.45. The first kappa shape index (κ1) is 22.1. The fourth-order valence-electron chi connectivity index (χ4n) is 2.72. The summed E-state index contributed by atoms with van der Waals surface area (Å²) >= 11 is 0. The van der Waals surface area contributed by atoms with Crippen LogP contribution in [0.25, 0.3) is 0 Å². The van der Waals surface area contributed by atoms with Gasteiger partial charge < -0.3 is 10.2 Å². The standard InChI is InChI=1S/C14H22O.C10H14O/c1-13(2,3)10-8-7-9-11(12(10)15)14(4,5)6;1-10(2,3)8-4-6-9(11)7-5-8/h7-9,15H,1-6H3;4-7,11H,1-3H3. The highest BCUT2D eigenvalue weighted by atomic mass is 16.3. The molecular weight excluding hydrogens is 320 g/mol. The van der Waals surface area contributed by atoms with Crippen molar-refractivity contribution in [3.63, 3.8) is 0 Å². The van der Waals surface area contributed by atoms with Crippen LogP contribution in [0.1, 0.15) is 79.0 Å². The normalized spacial score (nSPS) is 12.3. The van der Waals surface area contributed by atoms with Crippen molar-refractivity contribution in [3.05, 3.63) is 59.2 Å². The van der Waals surface area contributed by atoms with Gasteiger partial charge >= 0.3 is 0 Å². The lowest BCUT2D eigenvalue weighted by Gasteiger charge is -2.26. The Hall–Kier alpha value is -1.96. The minimum absolute atomic E-state index is 0.00859. The van der Waals surface area contributed by atoms with Gasteiger partial charge in [-0.1, -0.05) is 92.6 Å². The van der Waals surface area contributed by atoms with E-state index in [1.807, 2.05) is 30.3 Å². The van der Waals surface area contributed by atoms with Crippen LogP contribution < -0.4 is 0 Å². The maximum Gasteiger partial charge on any atom is 0.123 e. The first-order chi connectivity index (χ1) is 11.6. The van der Waals surface area contributed by atoms with E-state index in [4.69, 9.17) is 5.11 Å². The van der Waals surface area contributed by atoms with E-state index in [9.17, 15) is 5.11 Å². The van der Waals surface area contributed by atoms with Gasteiger partial charge in [-0.05, 0) is 45.1 Å². The van der Waals surface area contributed by atoms with Gasteiger partial charge in [-0.2, -0.15) is 0 Å². The largest absolute Gasteiger partial charge is 0.508 e. The van der Waals surface area contributed by atoms with E-state index in [1.54, 1.807) is 12.1 Å². The zero-order valence-corrected chi connectivity index (χ0v) is 17.9. The Balaban J connectivity index is 0.000000273. The molecule has 0 heterocycles. The number of phenols is 2. The lowest BCUT2D eigenvalue weighted by Crippen LogP contribution is -2.16. The van der Waals surface area contributed by atoms with Crippen molar-refractivity contribution in [2.45, 2.75) is 78.6 Å². The maximum atomic E-state index is 10.3. The van der Waals surface area contributed by atoms with Gasteiger partial charge in [-0.3, -0.25) is 0 Å². The molecule has 2 nitrogen and oxygen atoms in total. The lowest BCUT2D eigenvalue weighted by atomic mass is 9.80. The Labute approximate surface area is 159 Å². The fourth-order valence-corrected chi connectivity index (χ4v) is 2.72. The van der Waals surface area contributed by atoms with Crippen LogP contribution in [0.15, 0.2) is 42.5 Å². The molecule has 0 aliphatic rings. The number of para-hydroxylation sites is 1. The fraction of sp³-hybridized carbons (Fsp3) is 0.500. The SMILES string of the molecule is CC(C)(C)c1ccc(O)cc1.CC(C)(C)c1cccc(C(C)(C)C)c1O. The number of aromatic hydroxyl groups is 2. The van der Waals surface area contributed by atoms with Crippen molar-refractivity contribution in [2.24, 2.45) is 0 Å². The monoisotopic (exact) mass is 356 g/mol. The van der Waals surface area contributed by atoms with E-state index in [1.165, 1.54) is 5.56 Å². The number of hydrogen-bond donors (Lipinski definition) is 2. The van der Waals surface area contributed by atoms with E-state index in [0.29, 0.717) is 11.5 Å². The van der Waals surface area contributed by atoms with Gasteiger partial charge in [-0.15, -0.1) is 0 Å². The van der Waals surface area contributed by atoms with Crippen molar-refractivity contribution in [1.82, 2.24) is 0 Å². The highest BCUT2D eigenvalue weighted by Crippen LogP contribution is 2.38. The van der Waals surface area contributed by atoms with E-state index >= 15 is 0 Å². The average molecular weight is 357 g/mol. The molecule has 0 unspecified atom stereocenters. The molecule has 26 heavy (non-hydrogen) atoms. The van der Waals surface area contributed by atoms with Crippen LogP contribution in [0.2, 0.25) is 0 Å². The highest BCUT2D eigenvalue weighted by molar-refractivity contribution is 5.46. The predicted molar refractivity (Wildman–Crippen MR) is 112 cm³/mol. The third-order valence-corrected chi connectivity index (χ3v) is 4.39. The molecule has 0 spiro atoms. The second-order valence-electron chi connectivity index (χ2n) is 10.00. The average Bonchev–Trinajstić information content (AvgIpc) is 2.45. The van der Waals surface area contributed by atoms with Gasteiger partial charge in [0, 0.05) is 0 Å². The van der Waals surface area contributed by atoms with E-state index in [-0.39, 0.29) is 16.2 Å². The number of rotatable bonds is 0. The predicted octanol–water partition coefficient (Wildman–Crippen LogP) is 6.68. The lowest BCUT2D eigenvalue weighted by molar-refractivity contribution is 0.423. The smallest absolute Gasteiger partial charge is 0.123 e. The molecule has 2 rings (SSSR count). The molecule has 2 N–H and O–H groups in total. The highest BCUT2D eigenvalue weighted by Gasteiger charge is 2.24. The van der Waals surface area contributed by atoms with Gasteiger partial charge in [-0.25, -0.2) is 0 Å². The van der Waals surface area contributed by atoms with Gasteiger partial charge in [0.1, 0.15) is 11.5 Å². The molecule has 0 aliphatic carbocycles. The summed E-state index contributed by atoms with van der Waals surface area (Å²) in [7, 11) is 0. The minimum atomic E-state index is -0.00859. The minimum Gasteiger partial charge on any atom is -0.508 e. The first-order valence-electron chi connectivity index (χ1n) is 9.26. The Kier molecular flexibility index (Phi) is 6.57. The molecule has 0 aromatic heterocycles. The Morgan fingerprint density at radius 3 is 1.23 bits per heavy atom. The van der Waals surface area contributed by atoms with Crippen LogP contribution in [0, 0.1) is 0 Å². The van der Waals surface area contributed by atoms with Crippen LogP contribution in [-0.4, -0.2) is 10.2 Å². The molecule has 2 aromatic carbocycles. The number of hydrogen-bond acceptors (Lipinski definition) is 2. The molecular formula is C24H36O2. The van der Waals surface area contributed by atoms with Gasteiger partial charge in [0.25, 0.3) is 0 Å². The second-order valence-corrected chi connectivity index (χ2v) is 10.00. The van der Waals surface area contributed by atoms with Crippen LogP contribution in [0.5, 0.6) is 11.5 Å². The molecule has 144 valence electrons. The van der Waals surface area contributed by atoms with Gasteiger partial charge in [0.15, 0.2) is 0 Å². The molecule has 0 saturated heterocycles. The number of phenolic OH excluding ortho intramolecular Hbond substituents is 2. The van der Waals surface area contributed by atoms with Crippen LogP contribution in [0.4, 0.5) is 0 Å². The Morgan fingerprint density at radius 2 is 0.923 bits per heavy atom. The van der Waals surface area contributed by atoms with Crippen LogP contribution in [-0.2, 0) is 16.2 Å². The summed E-state index contributed by atoms with van der Waals surface area (Å²) in [6, 6.07) is 13.4. The van der Waals surface area contributed by atoms with Crippen molar-refractivity contribution in [3.8, 4) is 11.5 Å². The summed E-state index contributed by atoms with van der Waals surface area (Å²) in [4.78, 5) is 0. The topological polar surface area (TPSA) is 40.5 Å². The second kappa shape index (κ2) is 7.73. The van der Waals surface area contributed by atoms with E-state index < -0.39 is 0 Å². The maximum absolute atomic E-state index is 10.3. The summed E-state index contributed by atoms with van der Waals surface area (Å²) in [6.07, 6.45) is 0. The third kappa shape index (κ3) is 6.09. The van der Waals surface area contributed by atoms with Crippen molar-refractivity contribution >= 4 is 0 Å². The quantitative estimate of drug-likeness (QED) is 0.553.